The first-order valence-corrected chi connectivity index (χ1v) is 9.10. The Bertz CT molecular complexity index is 972. The van der Waals surface area contributed by atoms with Crippen LogP contribution in [0.2, 0.25) is 5.02 Å². The van der Waals surface area contributed by atoms with Crippen molar-refractivity contribution >= 4 is 46.8 Å². The largest absolute Gasteiger partial charge is 0.622 e. The molecule has 1 amide bonds. The molecule has 1 N–H and O–H groups in total. The van der Waals surface area contributed by atoms with Crippen LogP contribution < -0.4 is 0 Å². The summed E-state index contributed by atoms with van der Waals surface area (Å²) in [6, 6.07) is 7.14. The van der Waals surface area contributed by atoms with Gasteiger partial charge in [0, 0.05) is 22.2 Å². The highest BCUT2D eigenvalue weighted by atomic mass is 35.5. The average Bonchev–Trinajstić information content (AvgIpc) is 3.12. The zero-order chi connectivity index (χ0) is 18.3. The van der Waals surface area contributed by atoms with E-state index < -0.39 is 10.6 Å². The molecule has 6 nitrogen and oxygen atoms in total. The van der Waals surface area contributed by atoms with E-state index in [2.05, 4.69) is 4.98 Å². The molecular formula is C18H15Cl2N3O3S. The number of aliphatic hydroxyl groups excluding tert-OH is 1. The van der Waals surface area contributed by atoms with Gasteiger partial charge in [0.2, 0.25) is 5.70 Å². The summed E-state index contributed by atoms with van der Waals surface area (Å²) < 4.78 is -1.03. The summed E-state index contributed by atoms with van der Waals surface area (Å²) >= 11 is 7.36. The number of hydrogen-bond donors (Lipinski definition) is 1. The third-order valence-electron chi connectivity index (χ3n) is 4.24. The minimum atomic E-state index is -1.03. The van der Waals surface area contributed by atoms with Crippen LogP contribution in [0.15, 0.2) is 65.8 Å². The summed E-state index contributed by atoms with van der Waals surface area (Å²) in [5, 5.41) is 26.6. The molecule has 9 heteroatoms. The number of hydroxylamine groups is 3. The average molecular weight is 424 g/mol. The molecule has 1 aromatic carbocycles. The van der Waals surface area contributed by atoms with E-state index in [1.807, 2.05) is 6.07 Å². The molecule has 2 aliphatic rings. The SMILES string of the molecule is Cl.O=C1C2=C(O)C=C(c3nccs3)C[N+]2([O-])C=CN1Cc1cccc(Cl)c1. The Labute approximate surface area is 170 Å². The maximum Gasteiger partial charge on any atom is 0.317 e. The zero-order valence-corrected chi connectivity index (χ0v) is 16.3. The number of rotatable bonds is 3. The number of allylic oxidation sites excluding steroid dienone is 1. The lowest BCUT2D eigenvalue weighted by Crippen LogP contribution is -2.49. The van der Waals surface area contributed by atoms with E-state index in [1.165, 1.54) is 34.7 Å². The lowest BCUT2D eigenvalue weighted by molar-refractivity contribution is -0.779. The number of carbonyl (C=O) groups excluding carboxylic acids is 1. The summed E-state index contributed by atoms with van der Waals surface area (Å²) in [4.78, 5) is 18.4. The molecule has 1 atom stereocenters. The van der Waals surface area contributed by atoms with Crippen LogP contribution in [0.4, 0.5) is 0 Å². The fourth-order valence-electron chi connectivity index (χ4n) is 3.06. The van der Waals surface area contributed by atoms with Crippen molar-refractivity contribution in [3.8, 4) is 0 Å². The Balaban J connectivity index is 0.00000210. The summed E-state index contributed by atoms with van der Waals surface area (Å²) in [5.41, 5.74) is 1.25. The van der Waals surface area contributed by atoms with Crippen molar-refractivity contribution in [3.05, 3.63) is 86.6 Å². The van der Waals surface area contributed by atoms with Crippen molar-refractivity contribution in [1.29, 1.82) is 0 Å². The molecule has 4 rings (SSSR count). The lowest BCUT2D eigenvalue weighted by Gasteiger charge is -2.45. The number of hydrogen-bond acceptors (Lipinski definition) is 5. The van der Waals surface area contributed by atoms with Crippen molar-refractivity contribution in [2.45, 2.75) is 6.54 Å². The van der Waals surface area contributed by atoms with Crippen LogP contribution in [-0.2, 0) is 11.3 Å². The predicted octanol–water partition coefficient (Wildman–Crippen LogP) is 4.21. The van der Waals surface area contributed by atoms with Crippen LogP contribution in [0.1, 0.15) is 10.6 Å². The van der Waals surface area contributed by atoms with Crippen LogP contribution in [0.25, 0.3) is 5.57 Å². The number of amides is 1. The smallest absolute Gasteiger partial charge is 0.317 e. The van der Waals surface area contributed by atoms with Gasteiger partial charge in [-0.2, -0.15) is 0 Å². The third-order valence-corrected chi connectivity index (χ3v) is 5.32. The molecule has 140 valence electrons. The van der Waals surface area contributed by atoms with Gasteiger partial charge in [-0.1, -0.05) is 23.7 Å². The molecule has 0 saturated carbocycles. The topological polar surface area (TPSA) is 76.5 Å². The third kappa shape index (κ3) is 3.65. The molecule has 3 heterocycles. The number of quaternary nitrogens is 1. The number of thiazole rings is 1. The van der Waals surface area contributed by atoms with Crippen molar-refractivity contribution in [1.82, 2.24) is 9.88 Å². The van der Waals surface area contributed by atoms with E-state index in [4.69, 9.17) is 11.6 Å². The van der Waals surface area contributed by atoms with Gasteiger partial charge in [-0.25, -0.2) is 4.98 Å². The van der Waals surface area contributed by atoms with Gasteiger partial charge >= 0.3 is 5.91 Å². The summed E-state index contributed by atoms with van der Waals surface area (Å²) in [7, 11) is 0. The van der Waals surface area contributed by atoms with Crippen molar-refractivity contribution < 1.29 is 14.5 Å². The molecule has 1 unspecified atom stereocenters. The quantitative estimate of drug-likeness (QED) is 0.592. The minimum Gasteiger partial charge on any atom is -0.622 e. The van der Waals surface area contributed by atoms with Gasteiger partial charge in [0.25, 0.3) is 0 Å². The second-order valence-electron chi connectivity index (χ2n) is 6.06. The van der Waals surface area contributed by atoms with Gasteiger partial charge in [0.05, 0.1) is 12.7 Å². The van der Waals surface area contributed by atoms with Gasteiger partial charge in [-0.3, -0.25) is 9.44 Å². The zero-order valence-electron chi connectivity index (χ0n) is 13.9. The minimum absolute atomic E-state index is 0. The molecule has 1 aromatic heterocycles. The standard InChI is InChI=1S/C18H14ClN3O3S.ClH/c19-14-3-1-2-12(8-14)10-21-5-6-22(25)11-13(17-20-4-7-26-17)9-15(23)16(22)18(21)24;/h1-9,23H,10-11H2;1H. The number of aliphatic hydroxyl groups is 1. The first-order valence-electron chi connectivity index (χ1n) is 7.84. The first kappa shape index (κ1) is 19.6. The fourth-order valence-corrected chi connectivity index (χ4v) is 3.92. The Morgan fingerprint density at radius 1 is 1.41 bits per heavy atom. The summed E-state index contributed by atoms with van der Waals surface area (Å²) in [6.07, 6.45) is 5.93. The van der Waals surface area contributed by atoms with E-state index >= 15 is 0 Å². The van der Waals surface area contributed by atoms with Gasteiger partial charge < -0.3 is 15.2 Å². The van der Waals surface area contributed by atoms with E-state index in [1.54, 1.807) is 29.8 Å². The number of benzene rings is 1. The molecule has 2 aromatic rings. The van der Waals surface area contributed by atoms with E-state index in [0.717, 1.165) is 5.56 Å². The Morgan fingerprint density at radius 3 is 2.93 bits per heavy atom. The highest BCUT2D eigenvalue weighted by Crippen LogP contribution is 2.36. The van der Waals surface area contributed by atoms with Crippen molar-refractivity contribution in [3.63, 3.8) is 0 Å². The maximum absolute atomic E-state index is 13.2. The molecule has 0 saturated heterocycles. The molecule has 0 aliphatic carbocycles. The van der Waals surface area contributed by atoms with Crippen LogP contribution >= 0.6 is 35.3 Å². The van der Waals surface area contributed by atoms with Gasteiger partial charge in [0.15, 0.2) is 5.76 Å². The Kier molecular flexibility index (Phi) is 5.41. The number of carbonyl (C=O) groups is 1. The Hall–Kier alpha value is -2.16. The van der Waals surface area contributed by atoms with E-state index in [9.17, 15) is 15.1 Å². The van der Waals surface area contributed by atoms with Gasteiger partial charge in [-0.15, -0.1) is 23.7 Å². The van der Waals surface area contributed by atoms with Gasteiger partial charge in [-0.05, 0) is 23.8 Å². The Morgan fingerprint density at radius 2 is 2.22 bits per heavy atom. The van der Waals surface area contributed by atoms with Crippen LogP contribution in [0, 0.1) is 5.21 Å². The number of fused-ring (bicyclic) bond motifs is 1. The monoisotopic (exact) mass is 423 g/mol. The van der Waals surface area contributed by atoms with E-state index in [-0.39, 0.29) is 37.0 Å². The summed E-state index contributed by atoms with van der Waals surface area (Å²) in [6.45, 7) is 0.274. The maximum atomic E-state index is 13.2. The highest BCUT2D eigenvalue weighted by molar-refractivity contribution is 7.10. The molecule has 0 spiro atoms. The van der Waals surface area contributed by atoms with Crippen LogP contribution in [0.3, 0.4) is 0 Å². The molecule has 0 bridgehead atoms. The molecule has 0 fully saturated rings. The lowest BCUT2D eigenvalue weighted by atomic mass is 10.1. The number of nitrogens with zero attached hydrogens (tertiary/aromatic N) is 3. The molecule has 2 aliphatic heterocycles. The first-order chi connectivity index (χ1) is 12.5. The van der Waals surface area contributed by atoms with Crippen molar-refractivity contribution in [2.75, 3.05) is 6.54 Å². The predicted molar refractivity (Wildman–Crippen MR) is 107 cm³/mol. The molecule has 0 radical (unpaired) electrons. The second kappa shape index (κ2) is 7.46. The van der Waals surface area contributed by atoms with Crippen molar-refractivity contribution in [2.24, 2.45) is 0 Å². The van der Waals surface area contributed by atoms with Crippen LogP contribution in [0.5, 0.6) is 0 Å². The van der Waals surface area contributed by atoms with Gasteiger partial charge in [0.1, 0.15) is 17.8 Å². The number of aromatic nitrogens is 1. The fraction of sp³-hybridized carbons (Fsp3) is 0.111. The normalized spacial score (nSPS) is 21.6. The van der Waals surface area contributed by atoms with Crippen LogP contribution in [-0.4, -0.2) is 32.1 Å². The number of halogens is 2. The van der Waals surface area contributed by atoms with E-state index in [0.29, 0.717) is 15.6 Å². The summed E-state index contributed by atoms with van der Waals surface area (Å²) in [5.74, 6) is -0.837. The second-order valence-corrected chi connectivity index (χ2v) is 7.39. The molecular weight excluding hydrogens is 409 g/mol. The molecule has 27 heavy (non-hydrogen) atoms. The highest BCUT2D eigenvalue weighted by Gasteiger charge is 2.41.